The molecule has 0 radical (unpaired) electrons. The molecule has 0 amide bonds. The number of carbonyl (C=O) groups excluding carboxylic acids is 3. The topological polar surface area (TPSA) is 60.4 Å². The summed E-state index contributed by atoms with van der Waals surface area (Å²) in [5.74, 6) is -0.816. The molecule has 2 rings (SSSR count). The summed E-state index contributed by atoms with van der Waals surface area (Å²) in [6.07, 6.45) is -0.187. The monoisotopic (exact) mass is 324 g/mol. The number of carbonyl (C=O) groups is 3. The molecule has 0 saturated heterocycles. The maximum absolute atomic E-state index is 12.6. The average molecular weight is 324 g/mol. The molecular formula is C20H20O4. The highest BCUT2D eigenvalue weighted by molar-refractivity contribution is 6.02. The molecule has 2 aromatic carbocycles. The Morgan fingerprint density at radius 1 is 0.958 bits per heavy atom. The molecule has 2 aromatic rings. The Morgan fingerprint density at radius 2 is 1.54 bits per heavy atom. The lowest BCUT2D eigenvalue weighted by Gasteiger charge is -2.15. The van der Waals surface area contributed by atoms with Crippen LogP contribution in [0, 0.1) is 20.8 Å². The molecule has 0 fully saturated rings. The highest BCUT2D eigenvalue weighted by Crippen LogP contribution is 2.18. The second-order valence-corrected chi connectivity index (χ2v) is 5.90. The predicted molar refractivity (Wildman–Crippen MR) is 91.7 cm³/mol. The van der Waals surface area contributed by atoms with E-state index in [-0.39, 0.29) is 5.78 Å². The van der Waals surface area contributed by atoms with Crippen LogP contribution in [-0.4, -0.2) is 24.1 Å². The van der Waals surface area contributed by atoms with Crippen molar-refractivity contribution in [3.05, 3.63) is 69.8 Å². The summed E-state index contributed by atoms with van der Waals surface area (Å²) in [4.78, 5) is 35.3. The number of hydrogen-bond acceptors (Lipinski definition) is 4. The third-order valence-corrected chi connectivity index (χ3v) is 4.04. The quantitative estimate of drug-likeness (QED) is 0.476. The van der Waals surface area contributed by atoms with E-state index < -0.39 is 12.1 Å². The number of rotatable bonds is 5. The Kier molecular flexibility index (Phi) is 5.29. The van der Waals surface area contributed by atoms with Crippen molar-refractivity contribution in [2.45, 2.75) is 33.8 Å². The first-order chi connectivity index (χ1) is 11.3. The van der Waals surface area contributed by atoms with E-state index in [1.807, 2.05) is 32.9 Å². The van der Waals surface area contributed by atoms with Crippen LogP contribution >= 0.6 is 0 Å². The Labute approximate surface area is 141 Å². The first-order valence-electron chi connectivity index (χ1n) is 7.71. The highest BCUT2D eigenvalue weighted by Gasteiger charge is 2.22. The van der Waals surface area contributed by atoms with Gasteiger partial charge in [0, 0.05) is 11.1 Å². The van der Waals surface area contributed by atoms with Gasteiger partial charge >= 0.3 is 5.97 Å². The maximum Gasteiger partial charge on any atom is 0.338 e. The van der Waals surface area contributed by atoms with Gasteiger partial charge in [-0.05, 0) is 62.6 Å². The molecule has 0 bridgehead atoms. The summed E-state index contributed by atoms with van der Waals surface area (Å²) in [6.45, 7) is 7.36. The molecule has 24 heavy (non-hydrogen) atoms. The highest BCUT2D eigenvalue weighted by atomic mass is 16.5. The van der Waals surface area contributed by atoms with Gasteiger partial charge < -0.3 is 4.74 Å². The van der Waals surface area contributed by atoms with E-state index in [0.29, 0.717) is 23.0 Å². The summed E-state index contributed by atoms with van der Waals surface area (Å²) in [5, 5.41) is 0. The average Bonchev–Trinajstić information content (AvgIpc) is 2.57. The molecule has 124 valence electrons. The zero-order valence-electron chi connectivity index (χ0n) is 14.3. The Bertz CT molecular complexity index is 788. The van der Waals surface area contributed by atoms with Gasteiger partial charge in [-0.15, -0.1) is 0 Å². The molecule has 0 aliphatic heterocycles. The number of benzene rings is 2. The van der Waals surface area contributed by atoms with Gasteiger partial charge in [0.1, 0.15) is 6.29 Å². The van der Waals surface area contributed by atoms with Crippen LogP contribution < -0.4 is 0 Å². The van der Waals surface area contributed by atoms with Crippen molar-refractivity contribution in [1.29, 1.82) is 0 Å². The van der Waals surface area contributed by atoms with Crippen LogP contribution in [0.25, 0.3) is 0 Å². The number of ether oxygens (including phenoxy) is 1. The van der Waals surface area contributed by atoms with Crippen LogP contribution in [0.1, 0.15) is 54.7 Å². The molecule has 4 nitrogen and oxygen atoms in total. The van der Waals surface area contributed by atoms with Crippen LogP contribution in [0.3, 0.4) is 0 Å². The number of ketones is 1. The van der Waals surface area contributed by atoms with Gasteiger partial charge in [-0.3, -0.25) is 9.59 Å². The smallest absolute Gasteiger partial charge is 0.338 e. The molecule has 0 aliphatic carbocycles. The lowest BCUT2D eigenvalue weighted by atomic mass is 9.96. The standard InChI is InChI=1S/C20H20O4/c1-12-9-14(3)18(10-13(12)2)19(22)15(4)24-20(23)17-7-5-16(11-21)6-8-17/h5-11,15H,1-4H3/t15-/m0/s1. The van der Waals surface area contributed by atoms with Crippen molar-refractivity contribution in [1.82, 2.24) is 0 Å². The molecular weight excluding hydrogens is 304 g/mol. The fourth-order valence-electron chi connectivity index (χ4n) is 2.42. The van der Waals surface area contributed by atoms with Crippen molar-refractivity contribution in [2.75, 3.05) is 0 Å². The predicted octanol–water partition coefficient (Wildman–Crippen LogP) is 3.85. The van der Waals surface area contributed by atoms with E-state index in [0.717, 1.165) is 16.7 Å². The van der Waals surface area contributed by atoms with Crippen molar-refractivity contribution in [3.8, 4) is 0 Å². The van der Waals surface area contributed by atoms with Crippen LogP contribution in [0.4, 0.5) is 0 Å². The van der Waals surface area contributed by atoms with Crippen LogP contribution in [0.5, 0.6) is 0 Å². The molecule has 1 atom stereocenters. The first-order valence-corrected chi connectivity index (χ1v) is 7.71. The Balaban J connectivity index is 2.14. The van der Waals surface area contributed by atoms with E-state index in [1.54, 1.807) is 6.92 Å². The second kappa shape index (κ2) is 7.21. The number of aldehydes is 1. The van der Waals surface area contributed by atoms with Gasteiger partial charge in [-0.2, -0.15) is 0 Å². The lowest BCUT2D eigenvalue weighted by molar-refractivity contribution is 0.0318. The fraction of sp³-hybridized carbons (Fsp3) is 0.250. The van der Waals surface area contributed by atoms with E-state index in [1.165, 1.54) is 24.3 Å². The summed E-state index contributed by atoms with van der Waals surface area (Å²) >= 11 is 0. The second-order valence-electron chi connectivity index (χ2n) is 5.90. The van der Waals surface area contributed by atoms with Gasteiger partial charge in [0.05, 0.1) is 5.56 Å². The molecule has 4 heteroatoms. The number of hydrogen-bond donors (Lipinski definition) is 0. The lowest BCUT2D eigenvalue weighted by Crippen LogP contribution is -2.25. The van der Waals surface area contributed by atoms with E-state index in [9.17, 15) is 14.4 Å². The largest absolute Gasteiger partial charge is 0.451 e. The first kappa shape index (κ1) is 17.6. The number of aryl methyl sites for hydroxylation is 3. The fourth-order valence-corrected chi connectivity index (χ4v) is 2.42. The molecule has 0 unspecified atom stereocenters. The zero-order valence-corrected chi connectivity index (χ0v) is 14.3. The van der Waals surface area contributed by atoms with Crippen LogP contribution in [0.15, 0.2) is 36.4 Å². The summed E-state index contributed by atoms with van der Waals surface area (Å²) in [5.41, 5.74) is 4.34. The summed E-state index contributed by atoms with van der Waals surface area (Å²) in [7, 11) is 0. The van der Waals surface area contributed by atoms with Gasteiger partial charge in [-0.25, -0.2) is 4.79 Å². The number of esters is 1. The van der Waals surface area contributed by atoms with Crippen molar-refractivity contribution in [2.24, 2.45) is 0 Å². The van der Waals surface area contributed by atoms with Gasteiger partial charge in [0.2, 0.25) is 5.78 Å². The Morgan fingerprint density at radius 3 is 2.12 bits per heavy atom. The number of Topliss-reactive ketones (excluding diaryl/α,β-unsaturated/α-hetero) is 1. The van der Waals surface area contributed by atoms with Crippen molar-refractivity contribution >= 4 is 18.0 Å². The third kappa shape index (κ3) is 3.77. The van der Waals surface area contributed by atoms with E-state index >= 15 is 0 Å². The van der Waals surface area contributed by atoms with Gasteiger partial charge in [0.15, 0.2) is 6.10 Å². The summed E-state index contributed by atoms with van der Waals surface area (Å²) < 4.78 is 5.27. The minimum absolute atomic E-state index is 0.228. The minimum Gasteiger partial charge on any atom is -0.451 e. The zero-order chi connectivity index (χ0) is 17.9. The molecule has 0 saturated carbocycles. The molecule has 0 heterocycles. The van der Waals surface area contributed by atoms with E-state index in [4.69, 9.17) is 4.74 Å². The van der Waals surface area contributed by atoms with Gasteiger partial charge in [0.25, 0.3) is 0 Å². The van der Waals surface area contributed by atoms with Gasteiger partial charge in [-0.1, -0.05) is 18.2 Å². The van der Waals surface area contributed by atoms with Crippen molar-refractivity contribution in [3.63, 3.8) is 0 Å². The molecule has 0 spiro atoms. The molecule has 0 N–H and O–H groups in total. The van der Waals surface area contributed by atoms with Crippen LogP contribution in [-0.2, 0) is 4.74 Å². The molecule has 0 aliphatic rings. The van der Waals surface area contributed by atoms with E-state index in [2.05, 4.69) is 0 Å². The molecule has 0 aromatic heterocycles. The third-order valence-electron chi connectivity index (χ3n) is 4.04. The maximum atomic E-state index is 12.6. The van der Waals surface area contributed by atoms with Crippen LogP contribution in [0.2, 0.25) is 0 Å². The summed E-state index contributed by atoms with van der Waals surface area (Å²) in [6, 6.07) is 9.85. The van der Waals surface area contributed by atoms with Crippen molar-refractivity contribution < 1.29 is 19.1 Å². The minimum atomic E-state index is -0.885. The normalized spacial score (nSPS) is 11.7. The SMILES string of the molecule is Cc1cc(C)c(C(=O)[C@H](C)OC(=O)c2ccc(C=O)cc2)cc1C. The Hall–Kier alpha value is -2.75.